The molecule has 1 aliphatic carbocycles. The fourth-order valence-electron chi connectivity index (χ4n) is 2.72. The number of hydrogen-bond acceptors (Lipinski definition) is 5. The normalized spacial score (nSPS) is 14.5. The van der Waals surface area contributed by atoms with Crippen molar-refractivity contribution >= 4 is 23.5 Å². The first-order chi connectivity index (χ1) is 12.0. The summed E-state index contributed by atoms with van der Waals surface area (Å²) in [5, 5.41) is 0.580. The standard InChI is InChI=1S/C19H17ClO5/c1-23-16-10-12(17(21)24-2)6-7-15(16)25-18(22)19(8-9-19)13-4-3-5-14(20)11-13/h3-7,10-11H,8-9H2,1-2H3. The van der Waals surface area contributed by atoms with Crippen LogP contribution in [0.4, 0.5) is 0 Å². The Morgan fingerprint density at radius 3 is 2.40 bits per heavy atom. The van der Waals surface area contributed by atoms with Crippen molar-refractivity contribution in [3.8, 4) is 11.5 Å². The third-order valence-electron chi connectivity index (χ3n) is 4.31. The van der Waals surface area contributed by atoms with Crippen molar-refractivity contribution in [3.63, 3.8) is 0 Å². The summed E-state index contributed by atoms with van der Waals surface area (Å²) in [6.07, 6.45) is 1.41. The molecule has 1 aliphatic rings. The number of carbonyl (C=O) groups is 2. The Kier molecular flexibility index (Phi) is 4.68. The fourth-order valence-corrected chi connectivity index (χ4v) is 2.91. The van der Waals surface area contributed by atoms with Gasteiger partial charge in [-0.2, -0.15) is 0 Å². The quantitative estimate of drug-likeness (QED) is 0.600. The molecule has 0 aliphatic heterocycles. The van der Waals surface area contributed by atoms with Gasteiger partial charge in [0.1, 0.15) is 0 Å². The van der Waals surface area contributed by atoms with E-state index in [1.54, 1.807) is 12.1 Å². The van der Waals surface area contributed by atoms with Gasteiger partial charge < -0.3 is 14.2 Å². The summed E-state index contributed by atoms with van der Waals surface area (Å²) in [5.74, 6) is -0.306. The average Bonchev–Trinajstić information content (AvgIpc) is 3.43. The molecule has 0 unspecified atom stereocenters. The molecule has 0 spiro atoms. The number of hydrogen-bond donors (Lipinski definition) is 0. The predicted molar refractivity (Wildman–Crippen MR) is 92.3 cm³/mol. The Balaban J connectivity index is 1.85. The summed E-state index contributed by atoms with van der Waals surface area (Å²) in [6.45, 7) is 0. The smallest absolute Gasteiger partial charge is 0.337 e. The van der Waals surface area contributed by atoms with E-state index in [4.69, 9.17) is 21.1 Å². The highest BCUT2D eigenvalue weighted by Gasteiger charge is 2.53. The van der Waals surface area contributed by atoms with Crippen LogP contribution in [0.25, 0.3) is 0 Å². The molecule has 5 nitrogen and oxygen atoms in total. The lowest BCUT2D eigenvalue weighted by Crippen LogP contribution is -2.26. The van der Waals surface area contributed by atoms with Gasteiger partial charge in [-0.3, -0.25) is 4.79 Å². The van der Waals surface area contributed by atoms with Crippen molar-refractivity contribution in [3.05, 3.63) is 58.6 Å². The maximum absolute atomic E-state index is 12.7. The monoisotopic (exact) mass is 360 g/mol. The number of esters is 2. The zero-order valence-corrected chi connectivity index (χ0v) is 14.6. The van der Waals surface area contributed by atoms with Crippen molar-refractivity contribution in [2.75, 3.05) is 14.2 Å². The summed E-state index contributed by atoms with van der Waals surface area (Å²) in [5.41, 5.74) is 0.488. The van der Waals surface area contributed by atoms with Crippen molar-refractivity contribution in [2.24, 2.45) is 0 Å². The van der Waals surface area contributed by atoms with Gasteiger partial charge in [-0.05, 0) is 48.7 Å². The molecular formula is C19H17ClO5. The number of ether oxygens (including phenoxy) is 3. The Hall–Kier alpha value is -2.53. The first kappa shape index (κ1) is 17.3. The van der Waals surface area contributed by atoms with Crippen LogP contribution in [0.2, 0.25) is 5.02 Å². The first-order valence-corrected chi connectivity index (χ1v) is 8.12. The molecule has 0 N–H and O–H groups in total. The summed E-state index contributed by atoms with van der Waals surface area (Å²) in [4.78, 5) is 24.3. The molecule has 1 fully saturated rings. The lowest BCUT2D eigenvalue weighted by atomic mass is 9.96. The van der Waals surface area contributed by atoms with Crippen LogP contribution in [0.3, 0.4) is 0 Å². The third kappa shape index (κ3) is 3.33. The molecule has 2 aromatic rings. The Morgan fingerprint density at radius 2 is 1.80 bits per heavy atom. The molecule has 0 amide bonds. The molecule has 0 bridgehead atoms. The van der Waals surface area contributed by atoms with Crippen LogP contribution in [-0.4, -0.2) is 26.2 Å². The van der Waals surface area contributed by atoms with Crippen LogP contribution < -0.4 is 9.47 Å². The zero-order chi connectivity index (χ0) is 18.0. The third-order valence-corrected chi connectivity index (χ3v) is 4.54. The first-order valence-electron chi connectivity index (χ1n) is 7.75. The van der Waals surface area contributed by atoms with Gasteiger partial charge in [-0.15, -0.1) is 0 Å². The zero-order valence-electron chi connectivity index (χ0n) is 13.9. The molecule has 0 atom stereocenters. The maximum atomic E-state index is 12.7. The molecule has 0 heterocycles. The largest absolute Gasteiger partial charge is 0.493 e. The van der Waals surface area contributed by atoms with E-state index in [9.17, 15) is 9.59 Å². The van der Waals surface area contributed by atoms with Crippen LogP contribution in [0.15, 0.2) is 42.5 Å². The number of rotatable bonds is 5. The van der Waals surface area contributed by atoms with Gasteiger partial charge in [0, 0.05) is 5.02 Å². The van der Waals surface area contributed by atoms with Crippen molar-refractivity contribution in [1.82, 2.24) is 0 Å². The van der Waals surface area contributed by atoms with Gasteiger partial charge in [0.2, 0.25) is 0 Å². The highest BCUT2D eigenvalue weighted by Crippen LogP contribution is 2.50. The minimum Gasteiger partial charge on any atom is -0.493 e. The molecule has 25 heavy (non-hydrogen) atoms. The molecule has 2 aromatic carbocycles. The van der Waals surface area contributed by atoms with Gasteiger partial charge in [0.25, 0.3) is 0 Å². The van der Waals surface area contributed by atoms with Gasteiger partial charge in [-0.25, -0.2) is 4.79 Å². The van der Waals surface area contributed by atoms with Gasteiger partial charge in [0.15, 0.2) is 11.5 Å². The molecule has 6 heteroatoms. The van der Waals surface area contributed by atoms with E-state index in [0.29, 0.717) is 23.4 Å². The van der Waals surface area contributed by atoms with E-state index >= 15 is 0 Å². The Labute approximate surface area is 150 Å². The average molecular weight is 361 g/mol. The topological polar surface area (TPSA) is 61.8 Å². The van der Waals surface area contributed by atoms with Crippen LogP contribution in [0.5, 0.6) is 11.5 Å². The maximum Gasteiger partial charge on any atom is 0.337 e. The van der Waals surface area contributed by atoms with Gasteiger partial charge in [-0.1, -0.05) is 23.7 Å². The number of halogens is 1. The number of benzene rings is 2. The van der Waals surface area contributed by atoms with E-state index in [1.807, 2.05) is 12.1 Å². The van der Waals surface area contributed by atoms with Crippen LogP contribution >= 0.6 is 11.6 Å². The molecule has 1 saturated carbocycles. The summed E-state index contributed by atoms with van der Waals surface area (Å²) < 4.78 is 15.5. The van der Waals surface area contributed by atoms with E-state index < -0.39 is 11.4 Å². The highest BCUT2D eigenvalue weighted by molar-refractivity contribution is 6.30. The minimum atomic E-state index is -0.670. The second-order valence-corrected chi connectivity index (χ2v) is 6.28. The fraction of sp³-hybridized carbons (Fsp3) is 0.263. The lowest BCUT2D eigenvalue weighted by molar-refractivity contribution is -0.137. The summed E-state index contributed by atoms with van der Waals surface area (Å²) in [6, 6.07) is 11.8. The van der Waals surface area contributed by atoms with Gasteiger partial charge >= 0.3 is 11.9 Å². The molecule has 0 radical (unpaired) electrons. The van der Waals surface area contributed by atoms with E-state index in [2.05, 4.69) is 4.74 Å². The predicted octanol–water partition coefficient (Wildman–Crippen LogP) is 3.77. The molecule has 0 saturated heterocycles. The van der Waals surface area contributed by atoms with Crippen LogP contribution in [0.1, 0.15) is 28.8 Å². The highest BCUT2D eigenvalue weighted by atomic mass is 35.5. The van der Waals surface area contributed by atoms with E-state index in [1.165, 1.54) is 32.4 Å². The van der Waals surface area contributed by atoms with Gasteiger partial charge in [0.05, 0.1) is 25.2 Å². The number of carbonyl (C=O) groups excluding carboxylic acids is 2. The van der Waals surface area contributed by atoms with Crippen LogP contribution in [0, 0.1) is 0 Å². The second kappa shape index (κ2) is 6.76. The Morgan fingerprint density at radius 1 is 1.04 bits per heavy atom. The summed E-state index contributed by atoms with van der Waals surface area (Å²) in [7, 11) is 2.74. The second-order valence-electron chi connectivity index (χ2n) is 5.84. The molecular weight excluding hydrogens is 344 g/mol. The number of methoxy groups -OCH3 is 2. The Bertz CT molecular complexity index is 826. The van der Waals surface area contributed by atoms with Crippen molar-refractivity contribution < 1.29 is 23.8 Å². The van der Waals surface area contributed by atoms with Crippen molar-refractivity contribution in [1.29, 1.82) is 0 Å². The lowest BCUT2D eigenvalue weighted by Gasteiger charge is -2.16. The van der Waals surface area contributed by atoms with Crippen LogP contribution in [-0.2, 0) is 14.9 Å². The molecule has 3 rings (SSSR count). The van der Waals surface area contributed by atoms with E-state index in [0.717, 1.165) is 5.56 Å². The molecule has 0 aromatic heterocycles. The van der Waals surface area contributed by atoms with Crippen molar-refractivity contribution in [2.45, 2.75) is 18.3 Å². The molecule has 130 valence electrons. The van der Waals surface area contributed by atoms with E-state index in [-0.39, 0.29) is 17.5 Å². The summed E-state index contributed by atoms with van der Waals surface area (Å²) >= 11 is 6.04. The SMILES string of the molecule is COC(=O)c1ccc(OC(=O)C2(c3cccc(Cl)c3)CC2)c(OC)c1. The minimum absolute atomic E-state index is 0.258.